The normalized spacial score (nSPS) is 9.58. The molecule has 0 atom stereocenters. The van der Waals surface area contributed by atoms with Gasteiger partial charge in [0.2, 0.25) is 0 Å². The fourth-order valence-corrected chi connectivity index (χ4v) is 2.99. The maximum absolute atomic E-state index is 2.27. The molecule has 106 valence electrons. The van der Waals surface area contributed by atoms with Gasteiger partial charge in [0.25, 0.3) is 0 Å². The van der Waals surface area contributed by atoms with Gasteiger partial charge in [-0.2, -0.15) is 0 Å². The van der Waals surface area contributed by atoms with E-state index in [4.69, 9.17) is 0 Å². The van der Waals surface area contributed by atoms with Crippen LogP contribution in [0.2, 0.25) is 0 Å². The van der Waals surface area contributed by atoms with Crippen LogP contribution in [-0.2, 0) is 20.4 Å². The molecule has 0 aliphatic rings. The van der Waals surface area contributed by atoms with Gasteiger partial charge in [-0.15, -0.1) is 0 Å². The molecule has 0 bridgehead atoms. The van der Waals surface area contributed by atoms with Crippen molar-refractivity contribution in [2.24, 2.45) is 0 Å². The third-order valence-electron chi connectivity index (χ3n) is 2.55. The minimum absolute atomic E-state index is 0. The van der Waals surface area contributed by atoms with Crippen molar-refractivity contribution in [1.82, 2.24) is 0 Å². The summed E-state index contributed by atoms with van der Waals surface area (Å²) in [6.07, 6.45) is 0. The molecule has 3 heteroatoms. The van der Waals surface area contributed by atoms with Crippen LogP contribution in [-0.4, -0.2) is 26.7 Å². The van der Waals surface area contributed by atoms with Crippen molar-refractivity contribution in [3.8, 4) is 0 Å². The molecule has 0 fully saturated rings. The van der Waals surface area contributed by atoms with Crippen LogP contribution in [0.1, 0.15) is 0 Å². The van der Waals surface area contributed by atoms with E-state index in [2.05, 4.69) is 87.3 Å². The first-order chi connectivity index (χ1) is 8.61. The van der Waals surface area contributed by atoms with Crippen LogP contribution >= 0.6 is 15.8 Å². The van der Waals surface area contributed by atoms with Crippen LogP contribution < -0.4 is 10.6 Å². The van der Waals surface area contributed by atoms with E-state index < -0.39 is 0 Å². The van der Waals surface area contributed by atoms with Gasteiger partial charge < -0.3 is 0 Å². The molecule has 0 aromatic heterocycles. The predicted molar refractivity (Wildman–Crippen MR) is 89.7 cm³/mol. The molecule has 0 radical (unpaired) electrons. The van der Waals surface area contributed by atoms with E-state index >= 15 is 0 Å². The number of hydrogen-bond donors (Lipinski definition) is 0. The van der Waals surface area contributed by atoms with Gasteiger partial charge in [-0.1, -0.05) is 76.5 Å². The minimum Gasteiger partial charge on any atom is -0.0817 e. The largest absolute Gasteiger partial charge is 0.0817 e. The SMILES string of the molecule is CP(C)c1ccccc1.CP(C)c1ccccc1.[Pd]. The molecule has 0 amide bonds. The van der Waals surface area contributed by atoms with Crippen molar-refractivity contribution >= 4 is 26.5 Å². The predicted octanol–water partition coefficient (Wildman–Crippen LogP) is 4.10. The molecule has 0 aliphatic heterocycles. The molecule has 0 saturated carbocycles. The Balaban J connectivity index is 0.000000324. The van der Waals surface area contributed by atoms with Crippen molar-refractivity contribution in [3.63, 3.8) is 0 Å². The van der Waals surface area contributed by atoms with Crippen LogP contribution in [0, 0.1) is 0 Å². The first kappa shape index (κ1) is 19.0. The summed E-state index contributed by atoms with van der Waals surface area (Å²) in [4.78, 5) is 0. The van der Waals surface area contributed by atoms with Crippen molar-refractivity contribution < 1.29 is 20.4 Å². The Morgan fingerprint density at radius 1 is 0.526 bits per heavy atom. The first-order valence-corrected chi connectivity index (χ1v) is 10.5. The molecule has 19 heavy (non-hydrogen) atoms. The number of hydrogen-bond acceptors (Lipinski definition) is 0. The number of benzene rings is 2. The fraction of sp³-hybridized carbons (Fsp3) is 0.250. The summed E-state index contributed by atoms with van der Waals surface area (Å²) < 4.78 is 0. The summed E-state index contributed by atoms with van der Waals surface area (Å²) in [6.45, 7) is 9.07. The van der Waals surface area contributed by atoms with Crippen molar-refractivity contribution in [2.75, 3.05) is 26.7 Å². The van der Waals surface area contributed by atoms with Crippen molar-refractivity contribution in [2.45, 2.75) is 0 Å². The molecule has 0 unspecified atom stereocenters. The molecule has 0 aliphatic carbocycles. The van der Waals surface area contributed by atoms with Gasteiger partial charge in [-0.3, -0.25) is 0 Å². The topological polar surface area (TPSA) is 0 Å². The molecular weight excluding hydrogens is 361 g/mol. The van der Waals surface area contributed by atoms with Gasteiger partial charge in [0, 0.05) is 20.4 Å². The molecule has 0 saturated heterocycles. The minimum atomic E-state index is 0. The van der Waals surface area contributed by atoms with E-state index in [1.807, 2.05) is 0 Å². The van der Waals surface area contributed by atoms with Crippen LogP contribution in [0.5, 0.6) is 0 Å². The Labute approximate surface area is 134 Å². The Hall–Kier alpha value is -0.0377. The van der Waals surface area contributed by atoms with Crippen molar-refractivity contribution in [3.05, 3.63) is 60.7 Å². The van der Waals surface area contributed by atoms with Gasteiger partial charge in [0.05, 0.1) is 0 Å². The maximum Gasteiger partial charge on any atom is 0 e. The number of rotatable bonds is 2. The van der Waals surface area contributed by atoms with Crippen molar-refractivity contribution in [1.29, 1.82) is 0 Å². The van der Waals surface area contributed by atoms with Gasteiger partial charge in [0.15, 0.2) is 0 Å². The second-order valence-corrected chi connectivity index (χ2v) is 9.07. The molecule has 0 heterocycles. The summed E-state index contributed by atoms with van der Waals surface area (Å²) in [5.41, 5.74) is 0. The van der Waals surface area contributed by atoms with E-state index in [0.29, 0.717) is 0 Å². The second kappa shape index (κ2) is 10.7. The third-order valence-corrected chi connectivity index (χ3v) is 5.21. The van der Waals surface area contributed by atoms with E-state index in [1.165, 1.54) is 10.6 Å². The molecule has 2 aromatic rings. The molecule has 0 nitrogen and oxygen atoms in total. The smallest absolute Gasteiger partial charge is 0 e. The van der Waals surface area contributed by atoms with E-state index in [1.54, 1.807) is 0 Å². The van der Waals surface area contributed by atoms with Crippen LogP contribution in [0.15, 0.2) is 60.7 Å². The fourth-order valence-electron chi connectivity index (χ4n) is 1.45. The zero-order valence-electron chi connectivity index (χ0n) is 12.0. The zero-order valence-corrected chi connectivity index (χ0v) is 15.3. The quantitative estimate of drug-likeness (QED) is 0.542. The molecule has 0 N–H and O–H groups in total. The van der Waals surface area contributed by atoms with E-state index in [9.17, 15) is 0 Å². The van der Waals surface area contributed by atoms with Gasteiger partial charge in [-0.05, 0) is 37.3 Å². The summed E-state index contributed by atoms with van der Waals surface area (Å²) in [6, 6.07) is 21.2. The standard InChI is InChI=1S/2C8H11P.Pd/c2*1-9(2)8-6-4-3-5-7-8;/h2*3-7H,1-2H3;. The maximum atomic E-state index is 2.27. The zero-order chi connectivity index (χ0) is 13.4. The molecule has 0 spiro atoms. The summed E-state index contributed by atoms with van der Waals surface area (Å²) in [5.74, 6) is 0. The van der Waals surface area contributed by atoms with Crippen LogP contribution in [0.4, 0.5) is 0 Å². The summed E-state index contributed by atoms with van der Waals surface area (Å²) in [7, 11) is 0.209. The van der Waals surface area contributed by atoms with E-state index in [0.717, 1.165) is 0 Å². The molecule has 2 aromatic carbocycles. The monoisotopic (exact) mass is 382 g/mol. The molecule has 2 rings (SSSR count). The van der Waals surface area contributed by atoms with Gasteiger partial charge in [-0.25, -0.2) is 0 Å². The Kier molecular flexibility index (Phi) is 10.7. The molecular formula is C16H22P2Pd. The summed E-state index contributed by atoms with van der Waals surface area (Å²) >= 11 is 0. The van der Waals surface area contributed by atoms with Gasteiger partial charge in [0.1, 0.15) is 0 Å². The van der Waals surface area contributed by atoms with Crippen LogP contribution in [0.3, 0.4) is 0 Å². The average molecular weight is 383 g/mol. The van der Waals surface area contributed by atoms with Crippen LogP contribution in [0.25, 0.3) is 0 Å². The van der Waals surface area contributed by atoms with Gasteiger partial charge >= 0.3 is 0 Å². The Morgan fingerprint density at radius 3 is 0.947 bits per heavy atom. The summed E-state index contributed by atoms with van der Waals surface area (Å²) in [5, 5.41) is 2.96. The second-order valence-electron chi connectivity index (χ2n) is 4.46. The first-order valence-electron chi connectivity index (χ1n) is 6.06. The average Bonchev–Trinajstić information content (AvgIpc) is 2.41. The van der Waals surface area contributed by atoms with E-state index in [-0.39, 0.29) is 36.3 Å². The third kappa shape index (κ3) is 7.97. The Bertz CT molecular complexity index is 384. The Morgan fingerprint density at radius 2 is 0.789 bits per heavy atom.